The minimum absolute atomic E-state index is 0.396. The molecule has 15 heavy (non-hydrogen) atoms. The van der Waals surface area contributed by atoms with Crippen molar-refractivity contribution in [1.82, 2.24) is 5.32 Å². The molecular weight excluding hydrogens is 288 g/mol. The van der Waals surface area contributed by atoms with Gasteiger partial charge in [0.25, 0.3) is 5.92 Å². The van der Waals surface area contributed by atoms with Gasteiger partial charge in [0.1, 0.15) is 6.61 Å². The monoisotopic (exact) mass is 299 g/mol. The number of aryl methyl sites for hydroxylation is 1. The molecule has 1 heterocycles. The first-order valence-electron chi connectivity index (χ1n) is 4.39. The zero-order valence-corrected chi connectivity index (χ0v) is 10.6. The van der Waals surface area contributed by atoms with Gasteiger partial charge in [-0.25, -0.2) is 8.78 Å². The minimum atomic E-state index is -3.04. The van der Waals surface area contributed by atoms with Crippen LogP contribution in [0.4, 0.5) is 8.78 Å². The van der Waals surface area contributed by atoms with Gasteiger partial charge in [-0.05, 0) is 28.9 Å². The van der Waals surface area contributed by atoms with Crippen LogP contribution in [0.25, 0.3) is 0 Å². The van der Waals surface area contributed by atoms with Crippen LogP contribution in [0.3, 0.4) is 0 Å². The molecule has 0 amide bonds. The summed E-state index contributed by atoms with van der Waals surface area (Å²) in [5, 5.41) is 11.0. The van der Waals surface area contributed by atoms with Crippen LogP contribution in [0.1, 0.15) is 9.75 Å². The van der Waals surface area contributed by atoms with Gasteiger partial charge in [0, 0.05) is 20.8 Å². The first-order valence-corrected chi connectivity index (χ1v) is 6.00. The van der Waals surface area contributed by atoms with Gasteiger partial charge in [-0.15, -0.1) is 11.3 Å². The predicted octanol–water partition coefficient (Wildman–Crippen LogP) is 2.54. The third-order valence-electron chi connectivity index (χ3n) is 1.82. The van der Waals surface area contributed by atoms with Gasteiger partial charge in [0.2, 0.25) is 0 Å². The van der Waals surface area contributed by atoms with Crippen molar-refractivity contribution >= 4 is 27.3 Å². The third kappa shape index (κ3) is 4.14. The number of hydrogen-bond acceptors (Lipinski definition) is 3. The van der Waals surface area contributed by atoms with E-state index in [2.05, 4.69) is 21.2 Å². The molecule has 1 rings (SSSR count). The summed E-state index contributed by atoms with van der Waals surface area (Å²) >= 11 is 4.91. The number of rotatable bonds is 5. The highest BCUT2D eigenvalue weighted by Gasteiger charge is 2.26. The molecule has 1 aromatic rings. The Morgan fingerprint density at radius 3 is 2.73 bits per heavy atom. The largest absolute Gasteiger partial charge is 0.390 e. The number of aliphatic hydroxyl groups is 1. The molecule has 0 fully saturated rings. The van der Waals surface area contributed by atoms with E-state index >= 15 is 0 Å². The lowest BCUT2D eigenvalue weighted by atomic mass is 10.3. The molecule has 0 aliphatic heterocycles. The highest BCUT2D eigenvalue weighted by Crippen LogP contribution is 2.26. The van der Waals surface area contributed by atoms with Crippen LogP contribution in [-0.2, 0) is 6.54 Å². The Bertz CT molecular complexity index is 310. The molecule has 0 aliphatic carbocycles. The maximum Gasteiger partial charge on any atom is 0.282 e. The van der Waals surface area contributed by atoms with Crippen molar-refractivity contribution in [2.24, 2.45) is 0 Å². The van der Waals surface area contributed by atoms with Crippen LogP contribution in [-0.4, -0.2) is 24.2 Å². The summed E-state index contributed by atoms with van der Waals surface area (Å²) in [6.07, 6.45) is 0. The van der Waals surface area contributed by atoms with Gasteiger partial charge >= 0.3 is 0 Å². The van der Waals surface area contributed by atoms with Crippen LogP contribution in [0.5, 0.6) is 0 Å². The Morgan fingerprint density at radius 2 is 2.27 bits per heavy atom. The number of thiophene rings is 1. The van der Waals surface area contributed by atoms with E-state index in [0.29, 0.717) is 6.54 Å². The van der Waals surface area contributed by atoms with Gasteiger partial charge < -0.3 is 10.4 Å². The van der Waals surface area contributed by atoms with E-state index in [4.69, 9.17) is 5.11 Å². The third-order valence-corrected chi connectivity index (χ3v) is 3.96. The molecule has 0 spiro atoms. The summed E-state index contributed by atoms with van der Waals surface area (Å²) in [5.74, 6) is -3.04. The quantitative estimate of drug-likeness (QED) is 0.876. The van der Waals surface area contributed by atoms with E-state index in [-0.39, 0.29) is 0 Å². The topological polar surface area (TPSA) is 32.3 Å². The molecule has 0 aromatic carbocycles. The second-order valence-electron chi connectivity index (χ2n) is 3.23. The predicted molar refractivity (Wildman–Crippen MR) is 60.5 cm³/mol. The lowest BCUT2D eigenvalue weighted by Crippen LogP contribution is -2.35. The van der Waals surface area contributed by atoms with E-state index in [1.54, 1.807) is 11.3 Å². The summed E-state index contributed by atoms with van der Waals surface area (Å²) in [4.78, 5) is 2.12. The van der Waals surface area contributed by atoms with E-state index in [1.807, 2.05) is 13.0 Å². The Labute approximate surface area is 99.4 Å². The Kier molecular flexibility index (Phi) is 4.64. The van der Waals surface area contributed by atoms with Crippen LogP contribution >= 0.6 is 27.3 Å². The SMILES string of the molecule is Cc1sc(CNCC(F)(F)CO)cc1Br. The van der Waals surface area contributed by atoms with Gasteiger partial charge in [0.15, 0.2) is 0 Å². The molecule has 0 saturated heterocycles. The molecule has 1 aromatic heterocycles. The number of nitrogens with one attached hydrogen (secondary N) is 1. The molecule has 0 bridgehead atoms. The van der Waals surface area contributed by atoms with Crippen molar-refractivity contribution in [1.29, 1.82) is 0 Å². The summed E-state index contributed by atoms with van der Waals surface area (Å²) in [6.45, 7) is 0.735. The van der Waals surface area contributed by atoms with Crippen molar-refractivity contribution in [3.05, 3.63) is 20.3 Å². The van der Waals surface area contributed by atoms with E-state index < -0.39 is 19.1 Å². The number of halogens is 3. The van der Waals surface area contributed by atoms with Crippen LogP contribution in [0.2, 0.25) is 0 Å². The molecule has 0 aliphatic rings. The fourth-order valence-electron chi connectivity index (χ4n) is 1.03. The highest BCUT2D eigenvalue weighted by molar-refractivity contribution is 9.10. The van der Waals surface area contributed by atoms with Gasteiger partial charge in [0.05, 0.1) is 6.54 Å². The highest BCUT2D eigenvalue weighted by atomic mass is 79.9. The lowest BCUT2D eigenvalue weighted by Gasteiger charge is -2.13. The Balaban J connectivity index is 2.38. The van der Waals surface area contributed by atoms with Gasteiger partial charge in [-0.2, -0.15) is 0 Å². The summed E-state index contributed by atoms with van der Waals surface area (Å²) in [5.41, 5.74) is 0. The van der Waals surface area contributed by atoms with Crippen molar-refractivity contribution in [2.75, 3.05) is 13.2 Å². The molecule has 2 nitrogen and oxygen atoms in total. The van der Waals surface area contributed by atoms with Gasteiger partial charge in [-0.3, -0.25) is 0 Å². The van der Waals surface area contributed by atoms with Crippen molar-refractivity contribution < 1.29 is 13.9 Å². The molecule has 0 saturated carbocycles. The summed E-state index contributed by atoms with van der Waals surface area (Å²) < 4.78 is 26.2. The smallest absolute Gasteiger partial charge is 0.282 e. The van der Waals surface area contributed by atoms with Crippen LogP contribution < -0.4 is 5.32 Å². The molecule has 86 valence electrons. The van der Waals surface area contributed by atoms with Crippen molar-refractivity contribution in [2.45, 2.75) is 19.4 Å². The summed E-state index contributed by atoms with van der Waals surface area (Å²) in [7, 11) is 0. The first-order chi connectivity index (χ1) is 6.94. The minimum Gasteiger partial charge on any atom is -0.390 e. The number of alkyl halides is 2. The molecule has 6 heteroatoms. The second-order valence-corrected chi connectivity index (χ2v) is 5.43. The first kappa shape index (κ1) is 13.0. The Hall–Kier alpha value is -0.0400. The second kappa shape index (κ2) is 5.34. The standard InChI is InChI=1S/C9H12BrF2NOS/c1-6-8(10)2-7(15-6)3-13-4-9(11,12)5-14/h2,13-14H,3-5H2,1H3. The van der Waals surface area contributed by atoms with Crippen LogP contribution in [0, 0.1) is 6.92 Å². The number of aliphatic hydroxyl groups excluding tert-OH is 1. The van der Waals surface area contributed by atoms with Crippen molar-refractivity contribution in [3.8, 4) is 0 Å². The van der Waals surface area contributed by atoms with E-state index in [1.165, 1.54) is 0 Å². The zero-order chi connectivity index (χ0) is 11.5. The zero-order valence-electron chi connectivity index (χ0n) is 8.19. The number of hydrogen-bond donors (Lipinski definition) is 2. The normalized spacial score (nSPS) is 12.1. The molecule has 0 unspecified atom stereocenters. The fourth-order valence-corrected chi connectivity index (χ4v) is 2.60. The fraction of sp³-hybridized carbons (Fsp3) is 0.556. The lowest BCUT2D eigenvalue weighted by molar-refractivity contribution is -0.0477. The van der Waals surface area contributed by atoms with E-state index in [9.17, 15) is 8.78 Å². The molecule has 0 radical (unpaired) electrons. The molecule has 2 N–H and O–H groups in total. The molecule has 0 atom stereocenters. The van der Waals surface area contributed by atoms with E-state index in [0.717, 1.165) is 14.2 Å². The summed E-state index contributed by atoms with van der Waals surface area (Å²) in [6, 6.07) is 1.91. The average Bonchev–Trinajstić information content (AvgIpc) is 2.46. The average molecular weight is 300 g/mol. The maximum atomic E-state index is 12.6. The Morgan fingerprint density at radius 1 is 1.60 bits per heavy atom. The molecular formula is C9H12BrF2NOS. The maximum absolute atomic E-state index is 12.6. The van der Waals surface area contributed by atoms with Gasteiger partial charge in [-0.1, -0.05) is 0 Å². The van der Waals surface area contributed by atoms with Crippen LogP contribution in [0.15, 0.2) is 10.5 Å². The van der Waals surface area contributed by atoms with Crippen molar-refractivity contribution in [3.63, 3.8) is 0 Å².